The van der Waals surface area contributed by atoms with E-state index in [1.54, 1.807) is 0 Å². The minimum absolute atomic E-state index is 0.0146. The van der Waals surface area contributed by atoms with Crippen LogP contribution < -0.4 is 0 Å². The molecule has 0 saturated carbocycles. The second-order valence-corrected chi connectivity index (χ2v) is 15.5. The van der Waals surface area contributed by atoms with E-state index in [0.29, 0.717) is 23.7 Å². The SMILES string of the molecule is CC(C)c1ccc(-c2ccc3c(c2)C(C)(C)c2cc(C(C)(C)C)ccc2-3)cc1C(C)C.CC(C)c1ccccc1C(C)C. The number of hydrogen-bond acceptors (Lipinski definition) is 0. The van der Waals surface area contributed by atoms with Gasteiger partial charge in [0, 0.05) is 5.41 Å². The van der Waals surface area contributed by atoms with Crippen molar-refractivity contribution < 1.29 is 0 Å². The van der Waals surface area contributed by atoms with Crippen LogP contribution in [0.25, 0.3) is 22.3 Å². The van der Waals surface area contributed by atoms with Crippen molar-refractivity contribution in [1.82, 2.24) is 0 Å². The lowest BCUT2D eigenvalue weighted by molar-refractivity contribution is 0.584. The molecule has 4 aromatic carbocycles. The molecular weight excluding hydrogens is 516 g/mol. The zero-order valence-corrected chi connectivity index (χ0v) is 29.3. The van der Waals surface area contributed by atoms with E-state index in [1.807, 2.05) is 0 Å². The molecular formula is C43H56. The van der Waals surface area contributed by atoms with Crippen LogP contribution in [0, 0.1) is 0 Å². The summed E-state index contributed by atoms with van der Waals surface area (Å²) in [5, 5.41) is 0. The molecule has 0 atom stereocenters. The second kappa shape index (κ2) is 12.5. The molecule has 1 aliphatic rings. The first-order valence-electron chi connectivity index (χ1n) is 16.6. The Morgan fingerprint density at radius 1 is 0.465 bits per heavy atom. The molecule has 0 amide bonds. The molecule has 4 aromatic rings. The van der Waals surface area contributed by atoms with Gasteiger partial charge in [0.1, 0.15) is 0 Å². The van der Waals surface area contributed by atoms with Crippen molar-refractivity contribution in [2.45, 2.75) is 125 Å². The summed E-state index contributed by atoms with van der Waals surface area (Å²) in [6, 6.07) is 30.0. The molecule has 5 rings (SSSR count). The highest BCUT2D eigenvalue weighted by Gasteiger charge is 2.36. The zero-order chi connectivity index (χ0) is 31.9. The number of fused-ring (bicyclic) bond motifs is 3. The number of benzene rings is 4. The Kier molecular flexibility index (Phi) is 9.51. The van der Waals surface area contributed by atoms with Gasteiger partial charge in [-0.15, -0.1) is 0 Å². The summed E-state index contributed by atoms with van der Waals surface area (Å²) in [7, 11) is 0. The van der Waals surface area contributed by atoms with Gasteiger partial charge in [0.15, 0.2) is 0 Å². The molecule has 0 heterocycles. The van der Waals surface area contributed by atoms with Crippen LogP contribution in [0.5, 0.6) is 0 Å². The van der Waals surface area contributed by atoms with Crippen LogP contribution in [0.4, 0.5) is 0 Å². The normalized spacial score (nSPS) is 13.8. The predicted molar refractivity (Wildman–Crippen MR) is 191 cm³/mol. The lowest BCUT2D eigenvalue weighted by atomic mass is 9.78. The van der Waals surface area contributed by atoms with Crippen LogP contribution in [0.2, 0.25) is 0 Å². The fourth-order valence-corrected chi connectivity index (χ4v) is 6.73. The molecule has 43 heavy (non-hydrogen) atoms. The predicted octanol–water partition coefficient (Wildman–Crippen LogP) is 13.1. The standard InChI is InChI=1S/C31H38.C12H18/c1-19(2)24-13-10-21(16-27(24)20(3)4)22-11-14-25-26-15-12-23(30(5,6)7)18-29(26)31(8,9)28(25)17-22;1-9(2)11-7-5-6-8-12(11)10(3)4/h10-20H,1-9H3;5-10H,1-4H3. The molecule has 0 nitrogen and oxygen atoms in total. The van der Waals surface area contributed by atoms with Gasteiger partial charge < -0.3 is 0 Å². The molecule has 0 spiro atoms. The summed E-state index contributed by atoms with van der Waals surface area (Å²) in [5.74, 6) is 2.37. The van der Waals surface area contributed by atoms with Crippen molar-refractivity contribution >= 4 is 0 Å². The third-order valence-electron chi connectivity index (χ3n) is 9.45. The number of rotatable bonds is 5. The van der Waals surface area contributed by atoms with Crippen molar-refractivity contribution in [1.29, 1.82) is 0 Å². The maximum absolute atomic E-state index is 2.45. The lowest BCUT2D eigenvalue weighted by Gasteiger charge is -2.25. The highest BCUT2D eigenvalue weighted by Crippen LogP contribution is 2.50. The average molecular weight is 573 g/mol. The molecule has 0 bridgehead atoms. The van der Waals surface area contributed by atoms with Crippen LogP contribution in [-0.4, -0.2) is 0 Å². The van der Waals surface area contributed by atoms with Crippen LogP contribution in [0.15, 0.2) is 78.9 Å². The quantitative estimate of drug-likeness (QED) is 0.223. The second-order valence-electron chi connectivity index (χ2n) is 15.5. The van der Waals surface area contributed by atoms with E-state index < -0.39 is 0 Å². The summed E-state index contributed by atoms with van der Waals surface area (Å²) in [5.41, 5.74) is 15.9. The molecule has 0 heteroatoms. The van der Waals surface area contributed by atoms with E-state index in [0.717, 1.165) is 0 Å². The minimum atomic E-state index is 0.0146. The third kappa shape index (κ3) is 6.69. The summed E-state index contributed by atoms with van der Waals surface area (Å²) < 4.78 is 0. The lowest BCUT2D eigenvalue weighted by Crippen LogP contribution is -2.17. The first-order valence-corrected chi connectivity index (χ1v) is 16.6. The van der Waals surface area contributed by atoms with E-state index in [-0.39, 0.29) is 10.8 Å². The van der Waals surface area contributed by atoms with Crippen LogP contribution >= 0.6 is 0 Å². The highest BCUT2D eigenvalue weighted by molar-refractivity contribution is 5.84. The summed E-state index contributed by atoms with van der Waals surface area (Å²) in [6.45, 7) is 29.9. The largest absolute Gasteiger partial charge is 0.0620 e. The molecule has 0 unspecified atom stereocenters. The molecule has 0 aromatic heterocycles. The Morgan fingerprint density at radius 2 is 0.884 bits per heavy atom. The Bertz CT molecular complexity index is 1540. The molecule has 0 N–H and O–H groups in total. The van der Waals surface area contributed by atoms with E-state index in [9.17, 15) is 0 Å². The zero-order valence-electron chi connectivity index (χ0n) is 29.3. The summed E-state index contributed by atoms with van der Waals surface area (Å²) in [4.78, 5) is 0. The molecule has 1 aliphatic carbocycles. The summed E-state index contributed by atoms with van der Waals surface area (Å²) >= 11 is 0. The first kappa shape index (κ1) is 32.8. The smallest absolute Gasteiger partial charge is 0.0159 e. The summed E-state index contributed by atoms with van der Waals surface area (Å²) in [6.07, 6.45) is 0. The Balaban J connectivity index is 0.000000296. The van der Waals surface area contributed by atoms with Gasteiger partial charge in [-0.05, 0) is 96.4 Å². The average Bonchev–Trinajstić information content (AvgIpc) is 3.18. The van der Waals surface area contributed by atoms with Crippen LogP contribution in [-0.2, 0) is 10.8 Å². The molecule has 0 saturated heterocycles. The molecule has 228 valence electrons. The fraction of sp³-hybridized carbons (Fsp3) is 0.442. The molecule has 0 fully saturated rings. The monoisotopic (exact) mass is 572 g/mol. The number of hydrogen-bond donors (Lipinski definition) is 0. The van der Waals surface area contributed by atoms with Gasteiger partial charge in [0.05, 0.1) is 0 Å². The molecule has 0 aliphatic heterocycles. The topological polar surface area (TPSA) is 0 Å². The van der Waals surface area contributed by atoms with Gasteiger partial charge in [0.25, 0.3) is 0 Å². The van der Waals surface area contributed by atoms with E-state index in [1.165, 1.54) is 61.2 Å². The van der Waals surface area contributed by atoms with Gasteiger partial charge in [-0.2, -0.15) is 0 Å². The van der Waals surface area contributed by atoms with Crippen molar-refractivity contribution in [3.05, 3.63) is 118 Å². The van der Waals surface area contributed by atoms with Crippen LogP contribution in [0.3, 0.4) is 0 Å². The Labute approximate surface area is 264 Å². The Morgan fingerprint density at radius 3 is 1.37 bits per heavy atom. The van der Waals surface area contributed by atoms with Gasteiger partial charge >= 0.3 is 0 Å². The fourth-order valence-electron chi connectivity index (χ4n) is 6.73. The third-order valence-corrected chi connectivity index (χ3v) is 9.45. The van der Waals surface area contributed by atoms with Crippen molar-refractivity contribution in [2.75, 3.05) is 0 Å². The van der Waals surface area contributed by atoms with Gasteiger partial charge in [0.2, 0.25) is 0 Å². The highest BCUT2D eigenvalue weighted by atomic mass is 14.4. The maximum atomic E-state index is 2.45. The minimum Gasteiger partial charge on any atom is -0.0620 e. The van der Waals surface area contributed by atoms with Crippen molar-refractivity contribution in [2.24, 2.45) is 0 Å². The van der Waals surface area contributed by atoms with E-state index >= 15 is 0 Å². The van der Waals surface area contributed by atoms with Gasteiger partial charge in [-0.3, -0.25) is 0 Å². The van der Waals surface area contributed by atoms with Gasteiger partial charge in [-0.1, -0.05) is 163 Å². The van der Waals surface area contributed by atoms with Crippen LogP contribution in [0.1, 0.15) is 153 Å². The maximum Gasteiger partial charge on any atom is 0.0159 e. The van der Waals surface area contributed by atoms with Crippen molar-refractivity contribution in [3.63, 3.8) is 0 Å². The van der Waals surface area contributed by atoms with E-state index in [2.05, 4.69) is 169 Å². The first-order chi connectivity index (χ1) is 20.0. The van der Waals surface area contributed by atoms with Gasteiger partial charge in [-0.25, -0.2) is 0 Å². The molecule has 0 radical (unpaired) electrons. The van der Waals surface area contributed by atoms with E-state index in [4.69, 9.17) is 0 Å². The van der Waals surface area contributed by atoms with Crippen molar-refractivity contribution in [3.8, 4) is 22.3 Å². The Hall–Kier alpha value is -3.12.